The minimum Gasteiger partial charge on any atom is -0.872 e. The van der Waals surface area contributed by atoms with Crippen LogP contribution in [0.15, 0.2) is 192 Å². The second-order valence-corrected chi connectivity index (χ2v) is 12.5. The summed E-state index contributed by atoms with van der Waals surface area (Å²) in [6.45, 7) is 0. The minimum absolute atomic E-state index is 0. The summed E-state index contributed by atoms with van der Waals surface area (Å²) >= 11 is 0. The second kappa shape index (κ2) is 25.4. The topological polar surface area (TPSA) is 229 Å². The SMILES string of the molecule is O=[N+]([O-])[O-].O=[N+]([O-])[O-].[O-]c1ccc2ccccc2c1C=N[C@@H](c1ccccc1)c1ccccn1.[O-]c1ccc2ccccc2c1C=N[C@H](c1ccccc1)c1ccccn1.[Zn+2].[Zn+2]. The van der Waals surface area contributed by atoms with E-state index in [1.54, 1.807) is 37.0 Å². The van der Waals surface area contributed by atoms with Gasteiger partial charge in [0, 0.05) is 24.8 Å². The van der Waals surface area contributed by atoms with Gasteiger partial charge in [-0.25, -0.2) is 0 Å². The standard InChI is InChI=1S/2C23H18N2O.2NO3.2Zn/c2*26-22-14-13-17-8-4-5-11-19(17)20(22)16-25-23(18-9-2-1-3-10-18)21-12-6-7-15-24-21;2*2-1(3)4;;/h2*1-16,23,26H;;;;/q;;2*-1;2*+2/p-2/t2*23-;;;;/m10..../s1. The predicted molar refractivity (Wildman–Crippen MR) is 228 cm³/mol. The van der Waals surface area contributed by atoms with Gasteiger partial charge in [-0.2, -0.15) is 0 Å². The van der Waals surface area contributed by atoms with E-state index in [1.165, 1.54) is 0 Å². The number of rotatable bonds is 8. The maximum atomic E-state index is 12.4. The Hall–Kier alpha value is -7.27. The van der Waals surface area contributed by atoms with Crippen LogP contribution in [0.5, 0.6) is 11.5 Å². The Kier molecular flexibility index (Phi) is 20.1. The normalized spacial score (nSPS) is 11.2. The van der Waals surface area contributed by atoms with Crippen molar-refractivity contribution in [2.45, 2.75) is 12.1 Å². The Bertz CT molecular complexity index is 2410. The van der Waals surface area contributed by atoms with Crippen molar-refractivity contribution in [3.05, 3.63) is 247 Å². The summed E-state index contributed by atoms with van der Waals surface area (Å²) in [5.41, 5.74) is 5.00. The summed E-state index contributed by atoms with van der Waals surface area (Å²) in [4.78, 5) is 34.9. The van der Waals surface area contributed by atoms with E-state index >= 15 is 0 Å². The Morgan fingerprint density at radius 2 is 0.758 bits per heavy atom. The maximum absolute atomic E-state index is 12.4. The smallest absolute Gasteiger partial charge is 0.872 e. The van der Waals surface area contributed by atoms with Crippen LogP contribution >= 0.6 is 0 Å². The van der Waals surface area contributed by atoms with Crippen molar-refractivity contribution in [2.24, 2.45) is 9.98 Å². The molecule has 2 aromatic heterocycles. The third-order valence-corrected chi connectivity index (χ3v) is 8.73. The first-order chi connectivity index (χ1) is 29.1. The number of hydrogen-bond donors (Lipinski definition) is 0. The van der Waals surface area contributed by atoms with Gasteiger partial charge in [-0.05, 0) is 68.1 Å². The first kappa shape index (κ1) is 49.1. The second-order valence-electron chi connectivity index (χ2n) is 12.5. The van der Waals surface area contributed by atoms with Gasteiger partial charge in [0.1, 0.15) is 12.1 Å². The first-order valence-corrected chi connectivity index (χ1v) is 18.1. The summed E-state index contributed by atoms with van der Waals surface area (Å²) in [6, 6.07) is 53.7. The predicted octanol–water partition coefficient (Wildman–Crippen LogP) is 8.55. The van der Waals surface area contributed by atoms with E-state index in [0.717, 1.165) is 44.1 Å². The third kappa shape index (κ3) is 14.5. The molecule has 16 heteroatoms. The molecule has 0 aliphatic heterocycles. The Morgan fingerprint density at radius 1 is 0.435 bits per heavy atom. The third-order valence-electron chi connectivity index (χ3n) is 8.73. The summed E-state index contributed by atoms with van der Waals surface area (Å²) in [5, 5.41) is 58.2. The van der Waals surface area contributed by atoms with Crippen molar-refractivity contribution in [1.29, 1.82) is 0 Å². The van der Waals surface area contributed by atoms with Crippen molar-refractivity contribution in [2.75, 3.05) is 0 Å². The molecule has 0 aliphatic carbocycles. The summed E-state index contributed by atoms with van der Waals surface area (Å²) in [5.74, 6) is -0.0550. The molecule has 14 nitrogen and oxygen atoms in total. The monoisotopic (exact) mass is 926 g/mol. The molecule has 2 atom stereocenters. The largest absolute Gasteiger partial charge is 2.00 e. The Labute approximate surface area is 381 Å². The van der Waals surface area contributed by atoms with Gasteiger partial charge in [0.15, 0.2) is 0 Å². The molecule has 8 rings (SSSR count). The van der Waals surface area contributed by atoms with Crippen molar-refractivity contribution in [1.82, 2.24) is 9.97 Å². The fourth-order valence-corrected chi connectivity index (χ4v) is 6.13. The van der Waals surface area contributed by atoms with Gasteiger partial charge in [0.25, 0.3) is 0 Å². The van der Waals surface area contributed by atoms with Crippen LogP contribution in [0.2, 0.25) is 0 Å². The number of benzene rings is 6. The van der Waals surface area contributed by atoms with Crippen molar-refractivity contribution in [3.63, 3.8) is 0 Å². The molecule has 0 unspecified atom stereocenters. The molecule has 0 bridgehead atoms. The molecule has 0 spiro atoms. The molecule has 300 valence electrons. The van der Waals surface area contributed by atoms with Gasteiger partial charge < -0.3 is 40.9 Å². The molecule has 0 saturated carbocycles. The van der Waals surface area contributed by atoms with E-state index in [0.29, 0.717) is 11.1 Å². The molecular formula is C46H34N6O8Zn2. The molecule has 0 N–H and O–H groups in total. The van der Waals surface area contributed by atoms with Crippen LogP contribution in [-0.2, 0) is 39.0 Å². The molecule has 2 heterocycles. The van der Waals surface area contributed by atoms with Gasteiger partial charge in [-0.3, -0.25) is 20.0 Å². The number of aliphatic imine (C=N–C) groups is 2. The van der Waals surface area contributed by atoms with Crippen LogP contribution in [0.1, 0.15) is 45.7 Å². The van der Waals surface area contributed by atoms with Crippen LogP contribution in [0.3, 0.4) is 0 Å². The number of fused-ring (bicyclic) bond motifs is 2. The van der Waals surface area contributed by atoms with Crippen LogP contribution in [0, 0.1) is 30.6 Å². The van der Waals surface area contributed by atoms with Crippen molar-refractivity contribution >= 4 is 34.0 Å². The van der Waals surface area contributed by atoms with Crippen LogP contribution in [0.4, 0.5) is 0 Å². The van der Waals surface area contributed by atoms with Gasteiger partial charge in [-0.15, -0.1) is 0 Å². The zero-order valence-corrected chi connectivity index (χ0v) is 38.9. The van der Waals surface area contributed by atoms with Gasteiger partial charge in [0.2, 0.25) is 0 Å². The molecule has 62 heavy (non-hydrogen) atoms. The molecule has 8 aromatic rings. The average Bonchev–Trinajstić information content (AvgIpc) is 3.26. The van der Waals surface area contributed by atoms with Crippen molar-refractivity contribution in [3.8, 4) is 11.5 Å². The minimum atomic E-state index is -1.75. The maximum Gasteiger partial charge on any atom is 2.00 e. The molecule has 0 radical (unpaired) electrons. The first-order valence-electron chi connectivity index (χ1n) is 18.1. The van der Waals surface area contributed by atoms with E-state index in [-0.39, 0.29) is 62.5 Å². The van der Waals surface area contributed by atoms with E-state index in [4.69, 9.17) is 40.6 Å². The van der Waals surface area contributed by atoms with Crippen LogP contribution in [-0.4, -0.2) is 32.6 Å². The summed E-state index contributed by atoms with van der Waals surface area (Å²) in [7, 11) is 0. The van der Waals surface area contributed by atoms with E-state index in [9.17, 15) is 10.2 Å². The van der Waals surface area contributed by atoms with Crippen molar-refractivity contribution < 1.29 is 59.3 Å². The quantitative estimate of drug-likeness (QED) is 0.0610. The van der Waals surface area contributed by atoms with Gasteiger partial charge >= 0.3 is 39.0 Å². The molecule has 6 aromatic carbocycles. The molecule has 0 aliphatic rings. The fourth-order valence-electron chi connectivity index (χ4n) is 6.13. The Morgan fingerprint density at radius 3 is 1.10 bits per heavy atom. The van der Waals surface area contributed by atoms with E-state index < -0.39 is 10.2 Å². The number of nitrogens with zero attached hydrogens (tertiary/aromatic N) is 6. The van der Waals surface area contributed by atoms with Gasteiger partial charge in [0.05, 0.1) is 21.6 Å². The fraction of sp³-hybridized carbons (Fsp3) is 0.0435. The molecular weight excluding hydrogens is 895 g/mol. The van der Waals surface area contributed by atoms with Gasteiger partial charge in [-0.1, -0.05) is 157 Å². The van der Waals surface area contributed by atoms with Crippen LogP contribution in [0.25, 0.3) is 21.5 Å². The van der Waals surface area contributed by atoms with E-state index in [2.05, 4.69) is 9.97 Å². The molecule has 0 fully saturated rings. The summed E-state index contributed by atoms with van der Waals surface area (Å²) < 4.78 is 0. The molecule has 0 saturated heterocycles. The average molecular weight is 930 g/mol. The van der Waals surface area contributed by atoms with E-state index in [1.807, 2.05) is 158 Å². The zero-order valence-electron chi connectivity index (χ0n) is 33.0. The molecule has 0 amide bonds. The van der Waals surface area contributed by atoms with Crippen LogP contribution < -0.4 is 10.2 Å². The summed E-state index contributed by atoms with van der Waals surface area (Å²) in [6.07, 6.45) is 6.91. The number of pyridine rings is 2. The zero-order chi connectivity index (χ0) is 42.7. The number of hydrogen-bond acceptors (Lipinski definition) is 12. The number of aromatic nitrogens is 2. The Balaban J connectivity index is 0.000000274.